The molecular weight excluding hydrogens is 361 g/mol. The van der Waals surface area contributed by atoms with Crippen LogP contribution in [0.25, 0.3) is 0 Å². The number of hydrogen-bond donors (Lipinski definition) is 0. The minimum atomic E-state index is -4.62. The largest absolute Gasteiger partial charge is 0.573 e. The highest BCUT2D eigenvalue weighted by Gasteiger charge is 2.32. The Bertz CT molecular complexity index is 565. The highest BCUT2D eigenvalue weighted by atomic mass is 19.4. The number of benzene rings is 1. The number of alkyl halides is 3. The van der Waals surface area contributed by atoms with Crippen molar-refractivity contribution in [3.8, 4) is 5.75 Å². The van der Waals surface area contributed by atoms with E-state index in [1.165, 1.54) is 89.2 Å². The zero-order valence-corrected chi connectivity index (χ0v) is 17.1. The van der Waals surface area contributed by atoms with Gasteiger partial charge in [0.05, 0.1) is 0 Å². The predicted molar refractivity (Wildman–Crippen MR) is 107 cm³/mol. The standard InChI is InChI=1S/C24H35F3O/c1-2-3-4-5-18-6-8-19(9-7-18)20-10-12-21(13-11-20)22-14-16-23(17-15-22)28-24(25,26)27/h14-21H,2-13H2,1H3/t18-,19-,20-,21-. The molecular formula is C24H35F3O. The van der Waals surface area contributed by atoms with Crippen molar-refractivity contribution in [3.63, 3.8) is 0 Å². The zero-order valence-electron chi connectivity index (χ0n) is 17.1. The van der Waals surface area contributed by atoms with E-state index in [4.69, 9.17) is 0 Å². The van der Waals surface area contributed by atoms with Gasteiger partial charge in [0.15, 0.2) is 0 Å². The Hall–Kier alpha value is -1.19. The number of rotatable bonds is 7. The van der Waals surface area contributed by atoms with Crippen molar-refractivity contribution < 1.29 is 17.9 Å². The molecule has 0 heterocycles. The van der Waals surface area contributed by atoms with Crippen LogP contribution in [0.1, 0.15) is 95.5 Å². The molecule has 28 heavy (non-hydrogen) atoms. The van der Waals surface area contributed by atoms with E-state index in [9.17, 15) is 13.2 Å². The van der Waals surface area contributed by atoms with Crippen LogP contribution in [-0.2, 0) is 0 Å². The van der Waals surface area contributed by atoms with Crippen molar-refractivity contribution in [2.75, 3.05) is 0 Å². The maximum atomic E-state index is 12.3. The smallest absolute Gasteiger partial charge is 0.406 e. The molecule has 0 atom stereocenters. The van der Waals surface area contributed by atoms with E-state index >= 15 is 0 Å². The van der Waals surface area contributed by atoms with Crippen molar-refractivity contribution in [2.45, 2.75) is 96.3 Å². The lowest BCUT2D eigenvalue weighted by Crippen LogP contribution is -2.25. The Kier molecular flexibility index (Phi) is 7.70. The van der Waals surface area contributed by atoms with Crippen molar-refractivity contribution in [1.82, 2.24) is 0 Å². The molecule has 1 aromatic carbocycles. The molecule has 1 aromatic rings. The van der Waals surface area contributed by atoms with Crippen molar-refractivity contribution in [3.05, 3.63) is 29.8 Å². The Morgan fingerprint density at radius 2 is 1.39 bits per heavy atom. The molecule has 2 saturated carbocycles. The second-order valence-electron chi connectivity index (χ2n) is 9.01. The highest BCUT2D eigenvalue weighted by Crippen LogP contribution is 2.44. The van der Waals surface area contributed by atoms with Gasteiger partial charge in [0.1, 0.15) is 5.75 Å². The Labute approximate surface area is 168 Å². The molecule has 0 saturated heterocycles. The molecule has 2 aliphatic rings. The lowest BCUT2D eigenvalue weighted by molar-refractivity contribution is -0.274. The number of halogens is 3. The summed E-state index contributed by atoms with van der Waals surface area (Å²) in [6, 6.07) is 6.53. The van der Waals surface area contributed by atoms with E-state index in [1.54, 1.807) is 0 Å². The topological polar surface area (TPSA) is 9.23 Å². The highest BCUT2D eigenvalue weighted by molar-refractivity contribution is 5.29. The van der Waals surface area contributed by atoms with E-state index in [-0.39, 0.29) is 5.75 Å². The van der Waals surface area contributed by atoms with Gasteiger partial charge in [-0.15, -0.1) is 13.2 Å². The molecule has 0 spiro atoms. The summed E-state index contributed by atoms with van der Waals surface area (Å²) in [5, 5.41) is 0. The number of ether oxygens (including phenoxy) is 1. The van der Waals surface area contributed by atoms with E-state index in [1.807, 2.05) is 12.1 Å². The van der Waals surface area contributed by atoms with Crippen LogP contribution in [0.5, 0.6) is 5.75 Å². The van der Waals surface area contributed by atoms with E-state index in [0.717, 1.165) is 23.3 Å². The van der Waals surface area contributed by atoms with Gasteiger partial charge in [-0.1, -0.05) is 57.6 Å². The van der Waals surface area contributed by atoms with Gasteiger partial charge in [0.25, 0.3) is 0 Å². The molecule has 0 amide bonds. The van der Waals surface area contributed by atoms with E-state index < -0.39 is 6.36 Å². The molecule has 0 unspecified atom stereocenters. The molecule has 1 nitrogen and oxygen atoms in total. The van der Waals surface area contributed by atoms with Crippen LogP contribution < -0.4 is 4.74 Å². The summed E-state index contributed by atoms with van der Waals surface area (Å²) in [4.78, 5) is 0. The molecule has 0 bridgehead atoms. The average molecular weight is 397 g/mol. The molecule has 2 aliphatic carbocycles. The first kappa shape index (κ1) is 21.5. The second kappa shape index (κ2) is 10.0. The summed E-state index contributed by atoms with van der Waals surface area (Å²) in [5.41, 5.74) is 1.16. The summed E-state index contributed by atoms with van der Waals surface area (Å²) in [7, 11) is 0. The average Bonchev–Trinajstić information content (AvgIpc) is 2.68. The fourth-order valence-corrected chi connectivity index (χ4v) is 5.50. The van der Waals surface area contributed by atoms with Crippen LogP contribution >= 0.6 is 0 Å². The Morgan fingerprint density at radius 3 is 1.93 bits per heavy atom. The lowest BCUT2D eigenvalue weighted by atomic mass is 9.68. The maximum absolute atomic E-state index is 12.3. The molecule has 158 valence electrons. The van der Waals surface area contributed by atoms with Gasteiger partial charge in [-0.2, -0.15) is 0 Å². The van der Waals surface area contributed by atoms with Crippen LogP contribution in [0, 0.1) is 17.8 Å². The summed E-state index contributed by atoms with van der Waals surface area (Å²) in [5.74, 6) is 3.10. The normalized spacial score (nSPS) is 28.9. The van der Waals surface area contributed by atoms with E-state index in [2.05, 4.69) is 11.7 Å². The molecule has 3 rings (SSSR count). The third-order valence-corrected chi connectivity index (χ3v) is 7.13. The maximum Gasteiger partial charge on any atom is 0.573 e. The second-order valence-corrected chi connectivity index (χ2v) is 9.01. The van der Waals surface area contributed by atoms with Crippen LogP contribution in [0.2, 0.25) is 0 Å². The number of unbranched alkanes of at least 4 members (excludes halogenated alkanes) is 2. The Balaban J connectivity index is 1.41. The van der Waals surface area contributed by atoms with Gasteiger partial charge in [-0.05, 0) is 79.9 Å². The molecule has 2 fully saturated rings. The first-order valence-electron chi connectivity index (χ1n) is 11.3. The van der Waals surface area contributed by atoms with Crippen LogP contribution in [0.15, 0.2) is 24.3 Å². The molecule has 0 radical (unpaired) electrons. The monoisotopic (exact) mass is 396 g/mol. The SMILES string of the molecule is CCCCC[C@H]1CC[C@H]([C@H]2CC[C@H](c3ccc(OC(F)(F)F)cc3)CC2)CC1. The predicted octanol–water partition coefficient (Wildman–Crippen LogP) is 8.25. The summed E-state index contributed by atoms with van der Waals surface area (Å²) in [6.45, 7) is 2.28. The van der Waals surface area contributed by atoms with Crippen LogP contribution in [0.3, 0.4) is 0 Å². The molecule has 0 N–H and O–H groups in total. The molecule has 4 heteroatoms. The third kappa shape index (κ3) is 6.42. The Morgan fingerprint density at radius 1 is 0.821 bits per heavy atom. The third-order valence-electron chi connectivity index (χ3n) is 7.13. The molecule has 0 aromatic heterocycles. The summed E-state index contributed by atoms with van der Waals surface area (Å²) in [6.07, 6.45) is 11.5. The van der Waals surface area contributed by atoms with Gasteiger partial charge >= 0.3 is 6.36 Å². The number of hydrogen-bond acceptors (Lipinski definition) is 1. The minimum absolute atomic E-state index is 0.124. The van der Waals surface area contributed by atoms with Gasteiger partial charge < -0.3 is 4.74 Å². The van der Waals surface area contributed by atoms with Gasteiger partial charge in [-0.3, -0.25) is 0 Å². The van der Waals surface area contributed by atoms with Gasteiger partial charge in [0.2, 0.25) is 0 Å². The van der Waals surface area contributed by atoms with Crippen LogP contribution in [0.4, 0.5) is 13.2 Å². The minimum Gasteiger partial charge on any atom is -0.406 e. The molecule has 0 aliphatic heterocycles. The van der Waals surface area contributed by atoms with Crippen molar-refractivity contribution in [1.29, 1.82) is 0 Å². The summed E-state index contributed by atoms with van der Waals surface area (Å²) >= 11 is 0. The van der Waals surface area contributed by atoms with Crippen LogP contribution in [-0.4, -0.2) is 6.36 Å². The van der Waals surface area contributed by atoms with Crippen molar-refractivity contribution >= 4 is 0 Å². The van der Waals surface area contributed by atoms with Gasteiger partial charge in [-0.25, -0.2) is 0 Å². The first-order chi connectivity index (χ1) is 13.4. The first-order valence-corrected chi connectivity index (χ1v) is 11.3. The fourth-order valence-electron chi connectivity index (χ4n) is 5.50. The quantitative estimate of drug-likeness (QED) is 0.422. The van der Waals surface area contributed by atoms with Crippen molar-refractivity contribution in [2.24, 2.45) is 17.8 Å². The van der Waals surface area contributed by atoms with E-state index in [0.29, 0.717) is 5.92 Å². The zero-order chi connectivity index (χ0) is 20.0. The summed E-state index contributed by atoms with van der Waals surface area (Å²) < 4.78 is 40.9. The lowest BCUT2D eigenvalue weighted by Gasteiger charge is -2.38. The van der Waals surface area contributed by atoms with Gasteiger partial charge in [0, 0.05) is 0 Å². The fraction of sp³-hybridized carbons (Fsp3) is 0.750.